The molecule has 0 atom stereocenters. The number of benzene rings is 1. The van der Waals surface area contributed by atoms with Crippen LogP contribution < -0.4 is 10.5 Å². The first-order valence-corrected chi connectivity index (χ1v) is 5.48. The molecule has 0 bridgehead atoms. The minimum Gasteiger partial charge on any atom is -0.495 e. The highest BCUT2D eigenvalue weighted by Gasteiger charge is 2.11. The summed E-state index contributed by atoms with van der Waals surface area (Å²) in [5.74, 6) is 0.976. The molecule has 0 fully saturated rings. The van der Waals surface area contributed by atoms with Gasteiger partial charge in [0.1, 0.15) is 5.75 Å². The van der Waals surface area contributed by atoms with E-state index >= 15 is 0 Å². The number of rotatable bonds is 2. The van der Waals surface area contributed by atoms with Crippen LogP contribution >= 0.6 is 23.2 Å². The van der Waals surface area contributed by atoms with E-state index in [9.17, 15) is 0 Å². The zero-order valence-electron chi connectivity index (χ0n) is 8.95. The van der Waals surface area contributed by atoms with Crippen LogP contribution in [0.5, 0.6) is 5.75 Å². The van der Waals surface area contributed by atoms with Crippen molar-refractivity contribution in [2.75, 3.05) is 12.8 Å². The molecule has 0 spiro atoms. The van der Waals surface area contributed by atoms with Crippen LogP contribution in [0.15, 0.2) is 24.5 Å². The van der Waals surface area contributed by atoms with Crippen LogP contribution in [-0.4, -0.2) is 17.1 Å². The average Bonchev–Trinajstić information content (AvgIpc) is 2.33. The number of ether oxygens (including phenoxy) is 1. The topological polar surface area (TPSA) is 61.0 Å². The molecule has 0 aliphatic carbocycles. The highest BCUT2D eigenvalue weighted by Crippen LogP contribution is 2.35. The van der Waals surface area contributed by atoms with Crippen LogP contribution in [0.1, 0.15) is 0 Å². The third-order valence-corrected chi connectivity index (χ3v) is 2.76. The second kappa shape index (κ2) is 4.77. The van der Waals surface area contributed by atoms with Crippen molar-refractivity contribution in [2.45, 2.75) is 0 Å². The number of nitrogens with zero attached hydrogens (tertiary/aromatic N) is 2. The Morgan fingerprint density at radius 1 is 1.12 bits per heavy atom. The summed E-state index contributed by atoms with van der Waals surface area (Å²) in [6.45, 7) is 0. The molecule has 0 aliphatic rings. The number of aromatic nitrogens is 2. The van der Waals surface area contributed by atoms with Gasteiger partial charge in [0.2, 0.25) is 0 Å². The molecule has 17 heavy (non-hydrogen) atoms. The van der Waals surface area contributed by atoms with Crippen LogP contribution in [0.2, 0.25) is 10.0 Å². The largest absolute Gasteiger partial charge is 0.495 e. The quantitative estimate of drug-likeness (QED) is 0.911. The minimum absolute atomic E-state index is 0.451. The maximum absolute atomic E-state index is 6.10. The molecule has 1 heterocycles. The molecule has 0 amide bonds. The Balaban J connectivity index is 2.52. The lowest BCUT2D eigenvalue weighted by atomic mass is 10.2. The smallest absolute Gasteiger partial charge is 0.160 e. The van der Waals surface area contributed by atoms with Gasteiger partial charge in [0.15, 0.2) is 5.82 Å². The third kappa shape index (κ3) is 2.43. The molecule has 0 saturated carbocycles. The van der Waals surface area contributed by atoms with E-state index in [1.165, 1.54) is 19.5 Å². The Kier molecular flexibility index (Phi) is 3.36. The number of methoxy groups -OCH3 is 1. The van der Waals surface area contributed by atoms with Crippen molar-refractivity contribution in [3.05, 3.63) is 34.6 Å². The maximum atomic E-state index is 6.10. The van der Waals surface area contributed by atoms with E-state index in [-0.39, 0.29) is 0 Å². The summed E-state index contributed by atoms with van der Waals surface area (Å²) >= 11 is 12.1. The number of halogens is 2. The van der Waals surface area contributed by atoms with Gasteiger partial charge >= 0.3 is 0 Å². The van der Waals surface area contributed by atoms with Gasteiger partial charge in [-0.1, -0.05) is 23.2 Å². The summed E-state index contributed by atoms with van der Waals surface area (Å²) in [7, 11) is 1.52. The molecule has 2 rings (SSSR count). The van der Waals surface area contributed by atoms with Gasteiger partial charge in [-0.2, -0.15) is 0 Å². The predicted octanol–water partition coefficient (Wildman–Crippen LogP) is 3.04. The van der Waals surface area contributed by atoms with E-state index in [0.29, 0.717) is 32.9 Å². The van der Waals surface area contributed by atoms with Crippen molar-refractivity contribution in [3.63, 3.8) is 0 Å². The van der Waals surface area contributed by atoms with E-state index in [0.717, 1.165) is 0 Å². The highest BCUT2D eigenvalue weighted by molar-refractivity contribution is 6.36. The highest BCUT2D eigenvalue weighted by atomic mass is 35.5. The Hall–Kier alpha value is -1.52. The first-order valence-electron chi connectivity index (χ1n) is 4.72. The molecule has 0 unspecified atom stereocenters. The summed E-state index contributed by atoms with van der Waals surface area (Å²) in [5, 5.41) is 0.920. The van der Waals surface area contributed by atoms with Crippen molar-refractivity contribution in [2.24, 2.45) is 0 Å². The van der Waals surface area contributed by atoms with Gasteiger partial charge in [0.25, 0.3) is 0 Å². The lowest BCUT2D eigenvalue weighted by molar-refractivity contribution is 0.415. The Morgan fingerprint density at radius 2 is 1.76 bits per heavy atom. The summed E-state index contributed by atoms with van der Waals surface area (Å²) in [4.78, 5) is 8.17. The predicted molar refractivity (Wildman–Crippen MR) is 68.5 cm³/mol. The van der Waals surface area contributed by atoms with Gasteiger partial charge in [-0.25, -0.2) is 9.97 Å². The fourth-order valence-electron chi connectivity index (χ4n) is 1.33. The Morgan fingerprint density at radius 3 is 2.35 bits per heavy atom. The van der Waals surface area contributed by atoms with Crippen molar-refractivity contribution < 1.29 is 4.74 Å². The van der Waals surface area contributed by atoms with Gasteiger partial charge in [0, 0.05) is 11.6 Å². The first kappa shape index (κ1) is 12.0. The fraction of sp³-hybridized carbons (Fsp3) is 0.0909. The molecule has 2 N–H and O–H groups in total. The van der Waals surface area contributed by atoms with Gasteiger partial charge in [0.05, 0.1) is 35.2 Å². The third-order valence-electron chi connectivity index (χ3n) is 2.15. The molecule has 1 aromatic heterocycles. The maximum Gasteiger partial charge on any atom is 0.160 e. The molecule has 0 radical (unpaired) electrons. The van der Waals surface area contributed by atoms with Crippen LogP contribution in [0.25, 0.3) is 11.4 Å². The van der Waals surface area contributed by atoms with Gasteiger partial charge in [-0.3, -0.25) is 0 Å². The second-order valence-corrected chi connectivity index (χ2v) is 4.12. The van der Waals surface area contributed by atoms with E-state index in [1.54, 1.807) is 12.1 Å². The van der Waals surface area contributed by atoms with Crippen LogP contribution in [0, 0.1) is 0 Å². The molecule has 0 aliphatic heterocycles. The number of hydrogen-bond acceptors (Lipinski definition) is 4. The molecule has 88 valence electrons. The van der Waals surface area contributed by atoms with E-state index in [4.69, 9.17) is 33.7 Å². The molecular weight excluding hydrogens is 261 g/mol. The van der Waals surface area contributed by atoms with Gasteiger partial charge in [-0.05, 0) is 6.07 Å². The van der Waals surface area contributed by atoms with Crippen LogP contribution in [0.4, 0.5) is 5.69 Å². The first-order chi connectivity index (χ1) is 8.11. The zero-order valence-corrected chi connectivity index (χ0v) is 10.5. The lowest BCUT2D eigenvalue weighted by Crippen LogP contribution is -1.94. The summed E-state index contributed by atoms with van der Waals surface area (Å²) in [5.41, 5.74) is 6.64. The number of anilines is 1. The lowest BCUT2D eigenvalue weighted by Gasteiger charge is -2.07. The Bertz CT molecular complexity index is 543. The monoisotopic (exact) mass is 269 g/mol. The van der Waals surface area contributed by atoms with Crippen LogP contribution in [0.3, 0.4) is 0 Å². The molecule has 1 aromatic carbocycles. The summed E-state index contributed by atoms with van der Waals surface area (Å²) in [6, 6.07) is 3.28. The van der Waals surface area contributed by atoms with Crippen LogP contribution in [-0.2, 0) is 0 Å². The van der Waals surface area contributed by atoms with E-state index in [2.05, 4.69) is 9.97 Å². The molecule has 0 saturated heterocycles. The van der Waals surface area contributed by atoms with Crippen molar-refractivity contribution >= 4 is 28.9 Å². The standard InChI is InChI=1S/C11H9Cl2N3O/c1-17-10-3-8(12)7(2-9(10)13)11-15-4-6(14)5-16-11/h2-5H,14H2,1H3. The van der Waals surface area contributed by atoms with E-state index < -0.39 is 0 Å². The number of nitrogen functional groups attached to an aromatic ring is 1. The molecular formula is C11H9Cl2N3O. The summed E-state index contributed by atoms with van der Waals surface area (Å²) in [6.07, 6.45) is 3.02. The minimum atomic E-state index is 0.451. The van der Waals surface area contributed by atoms with Crippen molar-refractivity contribution in [1.82, 2.24) is 9.97 Å². The van der Waals surface area contributed by atoms with Crippen molar-refractivity contribution in [1.29, 1.82) is 0 Å². The second-order valence-electron chi connectivity index (χ2n) is 3.31. The number of nitrogens with two attached hydrogens (primary N) is 1. The Labute approximate surface area is 108 Å². The van der Waals surface area contributed by atoms with Gasteiger partial charge in [-0.15, -0.1) is 0 Å². The normalized spacial score (nSPS) is 10.3. The van der Waals surface area contributed by atoms with Crippen molar-refractivity contribution in [3.8, 4) is 17.1 Å². The fourth-order valence-corrected chi connectivity index (χ4v) is 1.81. The molecule has 2 aromatic rings. The molecule has 4 nitrogen and oxygen atoms in total. The summed E-state index contributed by atoms with van der Waals surface area (Å²) < 4.78 is 5.06. The average molecular weight is 270 g/mol. The molecule has 6 heteroatoms. The zero-order chi connectivity index (χ0) is 12.4. The van der Waals surface area contributed by atoms with Gasteiger partial charge < -0.3 is 10.5 Å². The number of hydrogen-bond donors (Lipinski definition) is 1. The SMILES string of the molecule is COc1cc(Cl)c(-c2ncc(N)cn2)cc1Cl. The van der Waals surface area contributed by atoms with E-state index in [1.807, 2.05) is 0 Å².